The van der Waals surface area contributed by atoms with Crippen molar-refractivity contribution >= 4 is 5.91 Å². The Hall–Kier alpha value is -1.33. The second-order valence-electron chi connectivity index (χ2n) is 2.82. The summed E-state index contributed by atoms with van der Waals surface area (Å²) in [6, 6.07) is 0. The second-order valence-corrected chi connectivity index (χ2v) is 2.82. The first-order valence-electron chi connectivity index (χ1n) is 4.70. The Morgan fingerprint density at radius 3 is 2.71 bits per heavy atom. The summed E-state index contributed by atoms with van der Waals surface area (Å²) in [5.41, 5.74) is 0. The maximum atomic E-state index is 10.9. The molecule has 0 aromatic heterocycles. The molecule has 0 atom stereocenters. The van der Waals surface area contributed by atoms with Gasteiger partial charge in [-0.1, -0.05) is 6.42 Å². The van der Waals surface area contributed by atoms with E-state index in [1.54, 1.807) is 0 Å². The highest BCUT2D eigenvalue weighted by Gasteiger charge is 1.99. The minimum Gasteiger partial charge on any atom is -0.356 e. The number of nitrogens with one attached hydrogen (secondary N) is 1. The van der Waals surface area contributed by atoms with E-state index in [-0.39, 0.29) is 12.5 Å². The third kappa shape index (κ3) is 8.76. The Morgan fingerprint density at radius 2 is 2.14 bits per heavy atom. The average Bonchev–Trinajstić information content (AvgIpc) is 2.11. The summed E-state index contributed by atoms with van der Waals surface area (Å²) < 4.78 is 0. The monoisotopic (exact) mass is 204 g/mol. The summed E-state index contributed by atoms with van der Waals surface area (Å²) in [7, 11) is 0. The van der Waals surface area contributed by atoms with E-state index >= 15 is 0 Å². The molecule has 1 N–H and O–H groups in total. The molecule has 0 aliphatic carbocycles. The number of amides is 1. The molecule has 0 spiro atoms. The normalized spacial score (nSPS) is 9.50. The molecule has 0 saturated heterocycles. The lowest BCUT2D eigenvalue weighted by atomic mass is 10.2. The highest BCUT2D eigenvalue weighted by molar-refractivity contribution is 5.75. The first kappa shape index (κ1) is 12.7. The van der Waals surface area contributed by atoms with Gasteiger partial charge in [0.2, 0.25) is 5.91 Å². The molecule has 0 aromatic rings. The van der Waals surface area contributed by atoms with Crippen LogP contribution in [0.15, 0.2) is 0 Å². The molecule has 6 nitrogen and oxygen atoms in total. The average molecular weight is 204 g/mol. The molecule has 0 fully saturated rings. The van der Waals surface area contributed by atoms with Crippen molar-refractivity contribution in [1.29, 1.82) is 0 Å². The third-order valence-electron chi connectivity index (χ3n) is 1.62. The Balaban J connectivity index is 3.13. The van der Waals surface area contributed by atoms with E-state index in [9.17, 15) is 14.9 Å². The number of hydrogen-bond donors (Lipinski definition) is 1. The van der Waals surface area contributed by atoms with Gasteiger partial charge in [0.1, 0.15) is 0 Å². The number of nitrogens with zero attached hydrogens (tertiary/aromatic N) is 1. The van der Waals surface area contributed by atoms with Gasteiger partial charge in [0.05, 0.1) is 6.61 Å². The van der Waals surface area contributed by atoms with Crippen LogP contribution in [0.3, 0.4) is 0 Å². The molecular formula is C8H16N2O4. The van der Waals surface area contributed by atoms with Gasteiger partial charge < -0.3 is 10.2 Å². The van der Waals surface area contributed by atoms with Crippen LogP contribution in [0.25, 0.3) is 0 Å². The molecule has 82 valence electrons. The Bertz CT molecular complexity index is 184. The molecule has 0 aliphatic heterocycles. The highest BCUT2D eigenvalue weighted by atomic mass is 16.9. The van der Waals surface area contributed by atoms with E-state index in [2.05, 4.69) is 10.2 Å². The van der Waals surface area contributed by atoms with Crippen molar-refractivity contribution in [2.45, 2.75) is 32.6 Å². The molecule has 0 aliphatic rings. The van der Waals surface area contributed by atoms with E-state index in [1.165, 1.54) is 0 Å². The maximum absolute atomic E-state index is 10.9. The van der Waals surface area contributed by atoms with Crippen molar-refractivity contribution in [3.63, 3.8) is 0 Å². The lowest BCUT2D eigenvalue weighted by Crippen LogP contribution is -2.22. The molecule has 0 bridgehead atoms. The summed E-state index contributed by atoms with van der Waals surface area (Å²) in [5.74, 6) is 0.0303. The maximum Gasteiger partial charge on any atom is 0.294 e. The zero-order valence-electron chi connectivity index (χ0n) is 8.32. The van der Waals surface area contributed by atoms with E-state index in [0.29, 0.717) is 19.4 Å². The fraction of sp³-hybridized carbons (Fsp3) is 0.875. The van der Waals surface area contributed by atoms with E-state index in [4.69, 9.17) is 0 Å². The molecule has 0 radical (unpaired) electrons. The molecular weight excluding hydrogens is 188 g/mol. The zero-order chi connectivity index (χ0) is 10.8. The van der Waals surface area contributed by atoms with Crippen molar-refractivity contribution in [1.82, 2.24) is 5.32 Å². The Labute approximate surface area is 82.7 Å². The Kier molecular flexibility index (Phi) is 7.49. The van der Waals surface area contributed by atoms with Crippen LogP contribution in [-0.4, -0.2) is 24.1 Å². The largest absolute Gasteiger partial charge is 0.356 e. The molecule has 1 amide bonds. The van der Waals surface area contributed by atoms with Crippen LogP contribution in [0.1, 0.15) is 32.6 Å². The minimum atomic E-state index is -0.802. The second kappa shape index (κ2) is 8.28. The number of carbonyl (C=O) groups is 1. The zero-order valence-corrected chi connectivity index (χ0v) is 8.32. The predicted octanol–water partition coefficient (Wildman–Crippen LogP) is 0.891. The van der Waals surface area contributed by atoms with Gasteiger partial charge >= 0.3 is 0 Å². The summed E-state index contributed by atoms with van der Waals surface area (Å²) in [6.07, 6.45) is 2.60. The Morgan fingerprint density at radius 1 is 1.43 bits per heavy atom. The molecule has 0 heterocycles. The summed E-state index contributed by atoms with van der Waals surface area (Å²) in [5, 5.41) is 11.6. The first-order chi connectivity index (χ1) is 6.66. The van der Waals surface area contributed by atoms with Crippen LogP contribution in [0.5, 0.6) is 0 Å². The molecule has 6 heteroatoms. The van der Waals surface area contributed by atoms with Gasteiger partial charge in [0.15, 0.2) is 0 Å². The quantitative estimate of drug-likeness (QED) is 0.361. The van der Waals surface area contributed by atoms with Gasteiger partial charge in [-0.3, -0.25) is 4.79 Å². The minimum absolute atomic E-state index is 0.0303. The lowest BCUT2D eigenvalue weighted by molar-refractivity contribution is -0.757. The fourth-order valence-corrected chi connectivity index (χ4v) is 0.989. The predicted molar refractivity (Wildman–Crippen MR) is 50.1 cm³/mol. The third-order valence-corrected chi connectivity index (χ3v) is 1.62. The van der Waals surface area contributed by atoms with Crippen LogP contribution in [0.2, 0.25) is 0 Å². The number of hydrogen-bond acceptors (Lipinski definition) is 4. The molecule has 14 heavy (non-hydrogen) atoms. The standard InChI is InChI=1S/C8H16N2O4/c1-2-9-8(11)6-4-3-5-7-14-10(12)13/h2-7H2,1H3,(H,9,11). The first-order valence-corrected chi connectivity index (χ1v) is 4.70. The topological polar surface area (TPSA) is 81.5 Å². The molecule has 0 unspecified atom stereocenters. The van der Waals surface area contributed by atoms with Crippen LogP contribution in [-0.2, 0) is 9.63 Å². The summed E-state index contributed by atoms with van der Waals surface area (Å²) in [6.45, 7) is 2.62. The molecule has 0 saturated carbocycles. The van der Waals surface area contributed by atoms with Gasteiger partial charge in [0, 0.05) is 13.0 Å². The van der Waals surface area contributed by atoms with E-state index < -0.39 is 5.09 Å². The van der Waals surface area contributed by atoms with Crippen molar-refractivity contribution in [2.75, 3.05) is 13.2 Å². The van der Waals surface area contributed by atoms with Crippen molar-refractivity contribution in [3.05, 3.63) is 10.1 Å². The van der Waals surface area contributed by atoms with Crippen molar-refractivity contribution in [3.8, 4) is 0 Å². The van der Waals surface area contributed by atoms with Crippen LogP contribution >= 0.6 is 0 Å². The summed E-state index contributed by atoms with van der Waals surface area (Å²) in [4.78, 5) is 24.8. The fourth-order valence-electron chi connectivity index (χ4n) is 0.989. The van der Waals surface area contributed by atoms with Gasteiger partial charge in [0.25, 0.3) is 5.09 Å². The lowest BCUT2D eigenvalue weighted by Gasteiger charge is -2.01. The van der Waals surface area contributed by atoms with Gasteiger partial charge in [-0.25, -0.2) is 0 Å². The van der Waals surface area contributed by atoms with Gasteiger partial charge in [-0.05, 0) is 19.8 Å². The van der Waals surface area contributed by atoms with Gasteiger partial charge in [-0.2, -0.15) is 0 Å². The van der Waals surface area contributed by atoms with E-state index in [0.717, 1.165) is 12.8 Å². The highest BCUT2D eigenvalue weighted by Crippen LogP contribution is 1.99. The SMILES string of the molecule is CCNC(=O)CCCCCO[N+](=O)[O-]. The number of unbranched alkanes of at least 4 members (excludes halogenated alkanes) is 2. The van der Waals surface area contributed by atoms with Crippen molar-refractivity contribution in [2.24, 2.45) is 0 Å². The van der Waals surface area contributed by atoms with E-state index in [1.807, 2.05) is 6.92 Å². The molecule has 0 rings (SSSR count). The van der Waals surface area contributed by atoms with Crippen molar-refractivity contribution < 1.29 is 14.7 Å². The molecule has 0 aromatic carbocycles. The number of carbonyl (C=O) groups excluding carboxylic acids is 1. The van der Waals surface area contributed by atoms with Crippen LogP contribution in [0, 0.1) is 10.1 Å². The van der Waals surface area contributed by atoms with Crippen LogP contribution in [0.4, 0.5) is 0 Å². The summed E-state index contributed by atoms with van der Waals surface area (Å²) >= 11 is 0. The van der Waals surface area contributed by atoms with Crippen LogP contribution < -0.4 is 5.32 Å². The number of rotatable bonds is 8. The smallest absolute Gasteiger partial charge is 0.294 e. The van der Waals surface area contributed by atoms with Gasteiger partial charge in [-0.15, -0.1) is 10.1 Å².